The second-order valence-electron chi connectivity index (χ2n) is 17.7. The van der Waals surface area contributed by atoms with Gasteiger partial charge in [-0.05, 0) is 113 Å². The number of nitrogen functional groups attached to an aromatic ring is 1. The summed E-state index contributed by atoms with van der Waals surface area (Å²) in [5.41, 5.74) is 16.8. The van der Waals surface area contributed by atoms with Gasteiger partial charge >= 0.3 is 0 Å². The molecule has 8 aromatic heterocycles. The molecule has 12 aromatic rings. The van der Waals surface area contributed by atoms with Gasteiger partial charge in [-0.2, -0.15) is 0 Å². The van der Waals surface area contributed by atoms with Crippen LogP contribution in [-0.4, -0.2) is 55.3 Å². The Kier molecular flexibility index (Phi) is 16.5. The molecule has 0 atom stereocenters. The first-order valence-corrected chi connectivity index (χ1v) is 28.0. The fraction of sp³-hybridized carbons (Fsp3) is 0.161. The molecule has 0 aliphatic heterocycles. The van der Waals surface area contributed by atoms with Crippen LogP contribution in [-0.2, 0) is 19.4 Å². The van der Waals surface area contributed by atoms with Crippen LogP contribution in [0, 0.1) is 0 Å². The SMILES string of the molecule is CC[SiH](CC)CC.Clc1cnc2ccc(Cc3ccc4onc(NCc5cnc6[nH]cc(Cl)c6c5)c4c3)cc2c1.Nc1noc2ccc(Cc3ccc4ncc(Cl)cc4c3)cc12.O=Cc1cnc2[nH]cc(Cl)c2c1. The highest BCUT2D eigenvalue weighted by Gasteiger charge is 2.12. The number of fused-ring (bicyclic) bond motifs is 6. The molecule has 13 nitrogen and oxygen atoms in total. The molecule has 0 radical (unpaired) electrons. The topological polar surface area (TPSA) is 190 Å². The number of anilines is 2. The lowest BCUT2D eigenvalue weighted by Crippen LogP contribution is -2.04. The Morgan fingerprint density at radius 3 is 1.64 bits per heavy atom. The van der Waals surface area contributed by atoms with E-state index in [1.54, 1.807) is 30.9 Å². The largest absolute Gasteiger partial charge is 0.380 e. The van der Waals surface area contributed by atoms with Crippen molar-refractivity contribution in [1.82, 2.24) is 40.2 Å². The molecule has 4 aromatic carbocycles. The summed E-state index contributed by atoms with van der Waals surface area (Å²) in [7, 11) is -0.171. The highest BCUT2D eigenvalue weighted by Crippen LogP contribution is 2.29. The third-order valence-corrected chi connectivity index (χ3v) is 17.2. The summed E-state index contributed by atoms with van der Waals surface area (Å²) in [6.45, 7) is 7.52. The number of aldehydes is 1. The maximum Gasteiger partial charge on any atom is 0.177 e. The van der Waals surface area contributed by atoms with Gasteiger partial charge in [-0.15, -0.1) is 0 Å². The normalized spacial score (nSPS) is 11.2. The number of carbonyl (C=O) groups excluding carboxylic acids is 1. The Hall–Kier alpha value is -7.33. The summed E-state index contributed by atoms with van der Waals surface area (Å²) < 4.78 is 10.6. The van der Waals surface area contributed by atoms with E-state index in [9.17, 15) is 4.79 Å². The zero-order valence-corrected chi connectivity index (χ0v) is 44.8. The second kappa shape index (κ2) is 23.7. The van der Waals surface area contributed by atoms with Crippen LogP contribution in [0.3, 0.4) is 0 Å². The van der Waals surface area contributed by atoms with Crippen molar-refractivity contribution < 1.29 is 13.8 Å². The van der Waals surface area contributed by atoms with Crippen LogP contribution in [0.1, 0.15) is 58.9 Å². The van der Waals surface area contributed by atoms with Crippen LogP contribution < -0.4 is 11.1 Å². The van der Waals surface area contributed by atoms with Crippen molar-refractivity contribution in [3.8, 4) is 0 Å². The van der Waals surface area contributed by atoms with Gasteiger partial charge in [-0.25, -0.2) is 9.97 Å². The molecular weight excluding hydrogens is 1030 g/mol. The van der Waals surface area contributed by atoms with Gasteiger partial charge < -0.3 is 30.1 Å². The summed E-state index contributed by atoms with van der Waals surface area (Å²) in [4.78, 5) is 33.4. The van der Waals surface area contributed by atoms with Crippen molar-refractivity contribution in [1.29, 1.82) is 0 Å². The summed E-state index contributed by atoms with van der Waals surface area (Å²) in [6, 6.07) is 36.5. The van der Waals surface area contributed by atoms with Crippen molar-refractivity contribution in [2.24, 2.45) is 0 Å². The molecule has 0 spiro atoms. The average Bonchev–Trinajstić information content (AvgIpc) is 4.21. The lowest BCUT2D eigenvalue weighted by Gasteiger charge is -2.06. The fourth-order valence-electron chi connectivity index (χ4n) is 8.55. The average molecular weight is 1080 g/mol. The molecule has 0 bridgehead atoms. The number of carbonyl (C=O) groups is 1. The maximum absolute atomic E-state index is 10.4. The standard InChI is InChI=1S/C25H17Cl2N5O.C17H12ClN3O.C8H5ClN2O.C6H16Si/c26-18-9-17-6-14(1-3-22(17)28-12-18)5-15-2-4-23-20(7-15)25(32-33-23)30-11-16-8-19-21(27)13-31-24(19)29-10-16;18-13-8-12-6-10(1-3-15(12)20-9-13)5-11-2-4-16-14(7-11)17(19)21-22-16;9-7-3-11-8-6(7)1-5(4-12)2-10-8;1-4-7(5-2)6-3/h1-4,6-10,12-13H,5,11H2,(H,29,31)(H,30,32);1-4,6-9H,5H2,(H2,19,21);1-4H,(H,10,11);7H,4-6H2,1-3H3. The maximum atomic E-state index is 10.4. The number of aromatic nitrogens is 8. The molecule has 74 heavy (non-hydrogen) atoms. The van der Waals surface area contributed by atoms with E-state index in [1.165, 1.54) is 35.5 Å². The van der Waals surface area contributed by atoms with Crippen LogP contribution in [0.15, 0.2) is 143 Å². The summed E-state index contributed by atoms with van der Waals surface area (Å²) in [6.07, 6.45) is 12.3. The van der Waals surface area contributed by atoms with E-state index in [1.807, 2.05) is 60.8 Å². The number of benzene rings is 4. The van der Waals surface area contributed by atoms with Gasteiger partial charge in [-0.1, -0.05) is 120 Å². The first-order valence-electron chi connectivity index (χ1n) is 24.0. The second-order valence-corrected chi connectivity index (χ2v) is 23.6. The molecule has 0 aliphatic rings. The molecule has 5 N–H and O–H groups in total. The lowest BCUT2D eigenvalue weighted by molar-refractivity contribution is 0.112. The number of hydrogen-bond donors (Lipinski definition) is 4. The number of rotatable bonds is 11. The molecule has 0 saturated carbocycles. The molecule has 8 heterocycles. The van der Waals surface area contributed by atoms with E-state index in [-0.39, 0.29) is 8.80 Å². The van der Waals surface area contributed by atoms with Gasteiger partial charge in [-0.3, -0.25) is 14.8 Å². The Morgan fingerprint density at radius 1 is 0.568 bits per heavy atom. The first kappa shape index (κ1) is 51.6. The minimum Gasteiger partial charge on any atom is -0.380 e. The van der Waals surface area contributed by atoms with Crippen LogP contribution in [0.2, 0.25) is 38.2 Å². The number of halogens is 4. The van der Waals surface area contributed by atoms with E-state index in [4.69, 9.17) is 61.2 Å². The molecule has 0 amide bonds. The minimum atomic E-state index is -0.171. The monoisotopic (exact) mass is 1080 g/mol. The smallest absolute Gasteiger partial charge is 0.177 e. The highest BCUT2D eigenvalue weighted by molar-refractivity contribution is 6.58. The van der Waals surface area contributed by atoms with Gasteiger partial charge in [0.05, 0.1) is 41.9 Å². The number of H-pyrrole nitrogens is 2. The van der Waals surface area contributed by atoms with Crippen LogP contribution >= 0.6 is 46.4 Å². The Labute approximate surface area is 447 Å². The Morgan fingerprint density at radius 2 is 1.07 bits per heavy atom. The molecule has 0 fully saturated rings. The summed E-state index contributed by atoms with van der Waals surface area (Å²) in [5, 5.41) is 19.4. The van der Waals surface area contributed by atoms with E-state index < -0.39 is 0 Å². The van der Waals surface area contributed by atoms with Gasteiger partial charge in [0.2, 0.25) is 0 Å². The van der Waals surface area contributed by atoms with E-state index in [0.29, 0.717) is 55.1 Å². The minimum absolute atomic E-state index is 0.171. The quantitative estimate of drug-likeness (QED) is 0.0712. The Bertz CT molecular complexity index is 3900. The molecular formula is C56H50Cl4N10O3Si. The zero-order valence-electron chi connectivity index (χ0n) is 40.6. The van der Waals surface area contributed by atoms with Crippen molar-refractivity contribution in [2.75, 3.05) is 11.1 Å². The molecule has 0 unspecified atom stereocenters. The number of pyridine rings is 4. The lowest BCUT2D eigenvalue weighted by atomic mass is 10.0. The van der Waals surface area contributed by atoms with Gasteiger partial charge in [0.1, 0.15) is 11.3 Å². The van der Waals surface area contributed by atoms with Gasteiger partial charge in [0.25, 0.3) is 0 Å². The third kappa shape index (κ3) is 12.4. The van der Waals surface area contributed by atoms with Gasteiger partial charge in [0.15, 0.2) is 29.1 Å². The van der Waals surface area contributed by atoms with E-state index >= 15 is 0 Å². The Balaban J connectivity index is 0.000000140. The van der Waals surface area contributed by atoms with Crippen molar-refractivity contribution in [3.05, 3.63) is 188 Å². The highest BCUT2D eigenvalue weighted by atomic mass is 35.5. The van der Waals surface area contributed by atoms with Gasteiger partial charge in [0, 0.05) is 79.6 Å². The molecule has 374 valence electrons. The summed E-state index contributed by atoms with van der Waals surface area (Å²) >= 11 is 24.1. The zero-order chi connectivity index (χ0) is 51.7. The van der Waals surface area contributed by atoms with Crippen LogP contribution in [0.5, 0.6) is 0 Å². The van der Waals surface area contributed by atoms with Crippen LogP contribution in [0.25, 0.3) is 65.8 Å². The molecule has 18 heteroatoms. The van der Waals surface area contributed by atoms with Crippen molar-refractivity contribution in [3.63, 3.8) is 0 Å². The van der Waals surface area contributed by atoms with Crippen molar-refractivity contribution in [2.45, 2.75) is 58.3 Å². The number of hydrogen-bond acceptors (Lipinski definition) is 11. The van der Waals surface area contributed by atoms with Crippen LogP contribution in [0.4, 0.5) is 11.6 Å². The van der Waals surface area contributed by atoms with Crippen molar-refractivity contribution >= 4 is 139 Å². The van der Waals surface area contributed by atoms with E-state index in [2.05, 4.69) is 103 Å². The fourth-order valence-corrected chi connectivity index (χ4v) is 11.0. The number of nitrogens with zero attached hydrogens (tertiary/aromatic N) is 6. The number of aromatic amines is 2. The molecule has 0 saturated heterocycles. The predicted octanol–water partition coefficient (Wildman–Crippen LogP) is 15.3. The number of nitrogens with one attached hydrogen (secondary N) is 3. The summed E-state index contributed by atoms with van der Waals surface area (Å²) in [5.74, 6) is 1.12. The molecule has 12 rings (SSSR count). The van der Waals surface area contributed by atoms with E-state index in [0.717, 1.165) is 90.4 Å². The number of nitrogens with two attached hydrogens (primary N) is 1. The first-order chi connectivity index (χ1) is 36.0. The predicted molar refractivity (Wildman–Crippen MR) is 305 cm³/mol. The molecule has 0 aliphatic carbocycles. The third-order valence-electron chi connectivity index (χ3n) is 12.7.